The van der Waals surface area contributed by atoms with E-state index in [1.807, 2.05) is 0 Å². The molecule has 0 aromatic carbocycles. The first-order valence-corrected chi connectivity index (χ1v) is 2.52. The van der Waals surface area contributed by atoms with Gasteiger partial charge in [-0.15, -0.1) is 0 Å². The molecule has 0 bridgehead atoms. The molecule has 0 atom stereocenters. The summed E-state index contributed by atoms with van der Waals surface area (Å²) in [6, 6.07) is 0. The molecule has 0 rings (SSSR count). The molecule has 0 aliphatic rings. The summed E-state index contributed by atoms with van der Waals surface area (Å²) in [5.41, 5.74) is 0. The molecule has 8 heavy (non-hydrogen) atoms. The zero-order valence-corrected chi connectivity index (χ0v) is 5.44. The Labute approximate surface area is 50.1 Å². The van der Waals surface area contributed by atoms with Crippen LogP contribution >= 0.6 is 0 Å². The zero-order chi connectivity index (χ0) is 6.41. The smallest absolute Gasteiger partial charge is 0.0906 e. The van der Waals surface area contributed by atoms with E-state index in [1.165, 1.54) is 0 Å². The van der Waals surface area contributed by atoms with Gasteiger partial charge in [-0.05, 0) is 0 Å². The van der Waals surface area contributed by atoms with E-state index in [9.17, 15) is 0 Å². The van der Waals surface area contributed by atoms with E-state index in [0.717, 1.165) is 12.2 Å². The van der Waals surface area contributed by atoms with Crippen molar-refractivity contribution in [1.29, 1.82) is 0 Å². The lowest BCUT2D eigenvalue weighted by atomic mass is 10.4. The molecule has 0 saturated carbocycles. The number of hydrogen-bond acceptors (Lipinski definition) is 2. The van der Waals surface area contributed by atoms with Gasteiger partial charge in [-0.1, -0.05) is 6.58 Å². The van der Waals surface area contributed by atoms with Crippen LogP contribution in [0.1, 0.15) is 6.42 Å². The molecular weight excluding hydrogens is 104 g/mol. The summed E-state index contributed by atoms with van der Waals surface area (Å²) in [5.74, 6) is 0.770. The van der Waals surface area contributed by atoms with Crippen molar-refractivity contribution in [3.8, 4) is 0 Å². The topological polar surface area (TPSA) is 18.5 Å². The lowest BCUT2D eigenvalue weighted by Crippen LogP contribution is -1.91. The van der Waals surface area contributed by atoms with Crippen molar-refractivity contribution >= 4 is 0 Å². The van der Waals surface area contributed by atoms with Crippen LogP contribution in [0.2, 0.25) is 0 Å². The van der Waals surface area contributed by atoms with Crippen LogP contribution in [0.15, 0.2) is 12.3 Å². The quantitative estimate of drug-likeness (QED) is 0.513. The van der Waals surface area contributed by atoms with Crippen molar-refractivity contribution in [2.24, 2.45) is 0 Å². The molecule has 0 aliphatic carbocycles. The van der Waals surface area contributed by atoms with Crippen molar-refractivity contribution in [3.05, 3.63) is 12.3 Å². The Kier molecular flexibility index (Phi) is 4.36. The van der Waals surface area contributed by atoms with E-state index in [0.29, 0.717) is 6.61 Å². The third-order valence-corrected chi connectivity index (χ3v) is 0.874. The van der Waals surface area contributed by atoms with Gasteiger partial charge in [-0.25, -0.2) is 0 Å². The minimum Gasteiger partial charge on any atom is -0.502 e. The van der Waals surface area contributed by atoms with Crippen LogP contribution in [0.5, 0.6) is 0 Å². The number of methoxy groups -OCH3 is 2. The van der Waals surface area contributed by atoms with Gasteiger partial charge < -0.3 is 9.47 Å². The van der Waals surface area contributed by atoms with E-state index in [1.54, 1.807) is 14.2 Å². The van der Waals surface area contributed by atoms with E-state index in [2.05, 4.69) is 6.58 Å². The molecule has 0 heterocycles. The van der Waals surface area contributed by atoms with E-state index in [4.69, 9.17) is 9.47 Å². The second-order valence-corrected chi connectivity index (χ2v) is 1.49. The van der Waals surface area contributed by atoms with Crippen LogP contribution < -0.4 is 0 Å². The van der Waals surface area contributed by atoms with Crippen LogP contribution in [0.25, 0.3) is 0 Å². The molecule has 0 spiro atoms. The van der Waals surface area contributed by atoms with Crippen molar-refractivity contribution in [3.63, 3.8) is 0 Å². The Morgan fingerprint density at radius 3 is 2.50 bits per heavy atom. The lowest BCUT2D eigenvalue weighted by Gasteiger charge is -2.00. The minimum absolute atomic E-state index is 0.687. The largest absolute Gasteiger partial charge is 0.502 e. The van der Waals surface area contributed by atoms with Gasteiger partial charge in [0.1, 0.15) is 0 Å². The lowest BCUT2D eigenvalue weighted by molar-refractivity contribution is 0.178. The average molecular weight is 116 g/mol. The fourth-order valence-electron chi connectivity index (χ4n) is 0.318. The second-order valence-electron chi connectivity index (χ2n) is 1.49. The van der Waals surface area contributed by atoms with Gasteiger partial charge in [0, 0.05) is 13.5 Å². The highest BCUT2D eigenvalue weighted by Crippen LogP contribution is 1.95. The highest BCUT2D eigenvalue weighted by molar-refractivity contribution is 4.80. The fourth-order valence-corrected chi connectivity index (χ4v) is 0.318. The molecule has 0 aliphatic heterocycles. The van der Waals surface area contributed by atoms with Gasteiger partial charge in [-0.2, -0.15) is 0 Å². The predicted molar refractivity (Wildman–Crippen MR) is 32.6 cm³/mol. The summed E-state index contributed by atoms with van der Waals surface area (Å²) < 4.78 is 9.55. The first-order chi connectivity index (χ1) is 3.81. The fraction of sp³-hybridized carbons (Fsp3) is 0.667. The number of rotatable bonds is 4. The summed E-state index contributed by atoms with van der Waals surface area (Å²) in [6.45, 7) is 4.30. The Bertz CT molecular complexity index is 68.9. The molecule has 2 heteroatoms. The molecule has 2 nitrogen and oxygen atoms in total. The van der Waals surface area contributed by atoms with Gasteiger partial charge in [0.2, 0.25) is 0 Å². The third-order valence-electron chi connectivity index (χ3n) is 0.874. The van der Waals surface area contributed by atoms with Crippen LogP contribution in [0.3, 0.4) is 0 Å². The van der Waals surface area contributed by atoms with Crippen LogP contribution in [-0.4, -0.2) is 20.8 Å². The Morgan fingerprint density at radius 2 is 2.12 bits per heavy atom. The van der Waals surface area contributed by atoms with Crippen molar-refractivity contribution in [2.45, 2.75) is 6.42 Å². The normalized spacial score (nSPS) is 8.75. The minimum atomic E-state index is 0.687. The van der Waals surface area contributed by atoms with Gasteiger partial charge in [0.05, 0.1) is 19.5 Å². The summed E-state index contributed by atoms with van der Waals surface area (Å²) in [4.78, 5) is 0. The highest BCUT2D eigenvalue weighted by Gasteiger charge is 1.87. The van der Waals surface area contributed by atoms with Gasteiger partial charge in [0.15, 0.2) is 0 Å². The molecule has 0 amide bonds. The van der Waals surface area contributed by atoms with Crippen molar-refractivity contribution < 1.29 is 9.47 Å². The third kappa shape index (κ3) is 3.68. The van der Waals surface area contributed by atoms with Crippen LogP contribution in [-0.2, 0) is 9.47 Å². The van der Waals surface area contributed by atoms with Crippen molar-refractivity contribution in [2.75, 3.05) is 20.8 Å². The van der Waals surface area contributed by atoms with E-state index in [-0.39, 0.29) is 0 Å². The van der Waals surface area contributed by atoms with Crippen LogP contribution in [0, 0.1) is 0 Å². The molecule has 0 aromatic heterocycles. The molecule has 48 valence electrons. The maximum atomic E-state index is 4.78. The molecule has 0 fully saturated rings. The number of ether oxygens (including phenoxy) is 2. The first-order valence-electron chi connectivity index (χ1n) is 2.52. The second kappa shape index (κ2) is 4.65. The maximum absolute atomic E-state index is 4.78. The van der Waals surface area contributed by atoms with Gasteiger partial charge >= 0.3 is 0 Å². The van der Waals surface area contributed by atoms with E-state index < -0.39 is 0 Å². The molecule has 0 radical (unpaired) electrons. The van der Waals surface area contributed by atoms with E-state index >= 15 is 0 Å². The summed E-state index contributed by atoms with van der Waals surface area (Å²) in [6.07, 6.45) is 0.785. The standard InChI is InChI=1S/C6H12O2/c1-6(8-3)4-5-7-2/h1,4-5H2,2-3H3. The highest BCUT2D eigenvalue weighted by atomic mass is 16.5. The SMILES string of the molecule is C=C(CCOC)OC. The summed E-state index contributed by atoms with van der Waals surface area (Å²) in [7, 11) is 3.26. The predicted octanol–water partition coefficient (Wildman–Crippen LogP) is 1.18. The molecule has 0 saturated heterocycles. The van der Waals surface area contributed by atoms with Crippen LogP contribution in [0.4, 0.5) is 0 Å². The Hall–Kier alpha value is -0.500. The van der Waals surface area contributed by atoms with Gasteiger partial charge in [0.25, 0.3) is 0 Å². The molecule has 0 aromatic rings. The first kappa shape index (κ1) is 7.50. The maximum Gasteiger partial charge on any atom is 0.0906 e. The number of hydrogen-bond donors (Lipinski definition) is 0. The average Bonchev–Trinajstić information content (AvgIpc) is 1.83. The monoisotopic (exact) mass is 116 g/mol. The Morgan fingerprint density at radius 1 is 1.50 bits per heavy atom. The molecule has 0 N–H and O–H groups in total. The zero-order valence-electron chi connectivity index (χ0n) is 5.44. The molecular formula is C6H12O2. The summed E-state index contributed by atoms with van der Waals surface area (Å²) in [5, 5.41) is 0. The Balaban J connectivity index is 2.99. The van der Waals surface area contributed by atoms with Gasteiger partial charge in [-0.3, -0.25) is 0 Å². The summed E-state index contributed by atoms with van der Waals surface area (Å²) >= 11 is 0. The molecule has 0 unspecified atom stereocenters. The van der Waals surface area contributed by atoms with Crippen molar-refractivity contribution in [1.82, 2.24) is 0 Å².